The molecule has 0 aliphatic carbocycles. The van der Waals surface area contributed by atoms with E-state index in [2.05, 4.69) is 4.98 Å². The van der Waals surface area contributed by atoms with E-state index < -0.39 is 5.97 Å². The molecule has 1 aromatic rings. The lowest BCUT2D eigenvalue weighted by atomic mass is 10.2. The molecular weight excluding hydrogens is 202 g/mol. The van der Waals surface area contributed by atoms with Crippen molar-refractivity contribution in [2.45, 2.75) is 24.5 Å². The number of hydrogen-bond acceptors (Lipinski definition) is 4. The fourth-order valence-electron chi connectivity index (χ4n) is 1.49. The zero-order valence-corrected chi connectivity index (χ0v) is 8.42. The molecule has 0 aromatic carbocycles. The van der Waals surface area contributed by atoms with Crippen molar-refractivity contribution in [3.8, 4) is 0 Å². The van der Waals surface area contributed by atoms with Gasteiger partial charge in [-0.25, -0.2) is 4.98 Å². The Morgan fingerprint density at radius 3 is 3.29 bits per heavy atom. The SMILES string of the molecule is O=C(O)Cc1nc(C2CCCS2)co1. The zero-order valence-electron chi connectivity index (χ0n) is 7.60. The van der Waals surface area contributed by atoms with Gasteiger partial charge in [0, 0.05) is 0 Å². The highest BCUT2D eigenvalue weighted by atomic mass is 32.2. The first-order valence-corrected chi connectivity index (χ1v) is 5.58. The first kappa shape index (κ1) is 9.58. The molecule has 1 aliphatic heterocycles. The van der Waals surface area contributed by atoms with Crippen molar-refractivity contribution in [2.75, 3.05) is 5.75 Å². The molecule has 5 heteroatoms. The lowest BCUT2D eigenvalue weighted by Gasteiger charge is -2.00. The summed E-state index contributed by atoms with van der Waals surface area (Å²) in [5.41, 5.74) is 0.892. The Morgan fingerprint density at radius 1 is 1.79 bits per heavy atom. The molecule has 0 amide bonds. The van der Waals surface area contributed by atoms with Crippen molar-refractivity contribution in [1.82, 2.24) is 4.98 Å². The second-order valence-electron chi connectivity index (χ2n) is 3.24. The van der Waals surface area contributed by atoms with Gasteiger partial charge in [-0.1, -0.05) is 0 Å². The van der Waals surface area contributed by atoms with Crippen LogP contribution in [0.2, 0.25) is 0 Å². The Hall–Kier alpha value is -0.970. The van der Waals surface area contributed by atoms with Gasteiger partial charge >= 0.3 is 5.97 Å². The Morgan fingerprint density at radius 2 is 2.64 bits per heavy atom. The highest BCUT2D eigenvalue weighted by Crippen LogP contribution is 2.39. The van der Waals surface area contributed by atoms with E-state index in [1.807, 2.05) is 11.8 Å². The number of rotatable bonds is 3. The number of thioether (sulfide) groups is 1. The first-order valence-electron chi connectivity index (χ1n) is 4.53. The van der Waals surface area contributed by atoms with Gasteiger partial charge < -0.3 is 9.52 Å². The van der Waals surface area contributed by atoms with E-state index in [0.29, 0.717) is 11.1 Å². The lowest BCUT2D eigenvalue weighted by Crippen LogP contribution is -2.00. The van der Waals surface area contributed by atoms with E-state index in [9.17, 15) is 4.79 Å². The Balaban J connectivity index is 2.05. The van der Waals surface area contributed by atoms with E-state index in [0.717, 1.165) is 17.9 Å². The highest BCUT2D eigenvalue weighted by molar-refractivity contribution is 7.99. The molecule has 4 nitrogen and oxygen atoms in total. The van der Waals surface area contributed by atoms with Crippen LogP contribution >= 0.6 is 11.8 Å². The maximum atomic E-state index is 10.4. The number of hydrogen-bond donors (Lipinski definition) is 1. The third-order valence-electron chi connectivity index (χ3n) is 2.13. The number of aliphatic carboxylic acids is 1. The van der Waals surface area contributed by atoms with Crippen LogP contribution < -0.4 is 0 Å². The van der Waals surface area contributed by atoms with Crippen LogP contribution in [-0.2, 0) is 11.2 Å². The number of carboxylic acid groups (broad SMARTS) is 1. The van der Waals surface area contributed by atoms with E-state index in [-0.39, 0.29) is 6.42 Å². The predicted molar refractivity (Wildman–Crippen MR) is 52.3 cm³/mol. The predicted octanol–water partition coefficient (Wildman–Crippen LogP) is 1.87. The van der Waals surface area contributed by atoms with E-state index in [1.165, 1.54) is 6.42 Å². The molecule has 1 unspecified atom stereocenters. The smallest absolute Gasteiger partial charge is 0.312 e. The van der Waals surface area contributed by atoms with Gasteiger partial charge in [-0.3, -0.25) is 4.79 Å². The van der Waals surface area contributed by atoms with E-state index in [4.69, 9.17) is 9.52 Å². The number of aromatic nitrogens is 1. The second kappa shape index (κ2) is 4.04. The van der Waals surface area contributed by atoms with Crippen LogP contribution in [0.15, 0.2) is 10.7 Å². The van der Waals surface area contributed by atoms with Gasteiger partial charge in [0.15, 0.2) is 0 Å². The Kier molecular flexibility index (Phi) is 2.77. The third-order valence-corrected chi connectivity index (χ3v) is 3.54. The summed E-state index contributed by atoms with van der Waals surface area (Å²) in [6, 6.07) is 0. The standard InChI is InChI=1S/C9H11NO3S/c11-9(12)4-8-10-6(5-13-8)7-2-1-3-14-7/h5,7H,1-4H2,(H,11,12). The molecule has 1 fully saturated rings. The van der Waals surface area contributed by atoms with Gasteiger partial charge in [0.2, 0.25) is 5.89 Å². The molecular formula is C9H11NO3S. The van der Waals surface area contributed by atoms with Crippen LogP contribution in [-0.4, -0.2) is 21.8 Å². The summed E-state index contributed by atoms with van der Waals surface area (Å²) in [5.74, 6) is 0.559. The average Bonchev–Trinajstić information content (AvgIpc) is 2.69. The van der Waals surface area contributed by atoms with Gasteiger partial charge in [-0.05, 0) is 18.6 Å². The monoisotopic (exact) mass is 213 g/mol. The molecule has 14 heavy (non-hydrogen) atoms. The van der Waals surface area contributed by atoms with Crippen LogP contribution in [0.1, 0.15) is 29.7 Å². The molecule has 1 saturated heterocycles. The molecule has 0 bridgehead atoms. The summed E-state index contributed by atoms with van der Waals surface area (Å²) in [7, 11) is 0. The number of carbonyl (C=O) groups is 1. The van der Waals surface area contributed by atoms with Gasteiger partial charge in [0.25, 0.3) is 0 Å². The minimum Gasteiger partial charge on any atom is -0.481 e. The highest BCUT2D eigenvalue weighted by Gasteiger charge is 2.21. The van der Waals surface area contributed by atoms with Crippen molar-refractivity contribution in [1.29, 1.82) is 0 Å². The van der Waals surface area contributed by atoms with Crippen LogP contribution in [0.4, 0.5) is 0 Å². The molecule has 1 N–H and O–H groups in total. The summed E-state index contributed by atoms with van der Waals surface area (Å²) in [5, 5.41) is 8.94. The molecule has 1 aliphatic rings. The molecule has 76 valence electrons. The van der Waals surface area contributed by atoms with Gasteiger partial charge in [-0.2, -0.15) is 11.8 Å². The molecule has 2 rings (SSSR count). The molecule has 1 aromatic heterocycles. The summed E-state index contributed by atoms with van der Waals surface area (Å²) in [6.07, 6.45) is 3.78. The van der Waals surface area contributed by atoms with Crippen molar-refractivity contribution in [3.63, 3.8) is 0 Å². The van der Waals surface area contributed by atoms with Crippen molar-refractivity contribution in [3.05, 3.63) is 17.8 Å². The largest absolute Gasteiger partial charge is 0.481 e. The van der Waals surface area contributed by atoms with Crippen molar-refractivity contribution in [2.24, 2.45) is 0 Å². The van der Waals surface area contributed by atoms with Crippen LogP contribution in [0.5, 0.6) is 0 Å². The maximum absolute atomic E-state index is 10.4. The van der Waals surface area contributed by atoms with Crippen LogP contribution in [0.25, 0.3) is 0 Å². The van der Waals surface area contributed by atoms with Crippen LogP contribution in [0, 0.1) is 0 Å². The molecule has 0 radical (unpaired) electrons. The Labute approximate surface area is 85.7 Å². The molecule has 0 spiro atoms. The quantitative estimate of drug-likeness (QED) is 0.830. The summed E-state index contributed by atoms with van der Waals surface area (Å²) < 4.78 is 5.08. The first-order chi connectivity index (χ1) is 6.75. The Bertz CT molecular complexity index is 331. The second-order valence-corrected chi connectivity index (χ2v) is 4.55. The fourth-order valence-corrected chi connectivity index (χ4v) is 2.72. The van der Waals surface area contributed by atoms with Crippen molar-refractivity contribution < 1.29 is 14.3 Å². The van der Waals surface area contributed by atoms with E-state index in [1.54, 1.807) is 6.26 Å². The fraction of sp³-hybridized carbons (Fsp3) is 0.556. The van der Waals surface area contributed by atoms with Gasteiger partial charge in [-0.15, -0.1) is 0 Å². The summed E-state index contributed by atoms with van der Waals surface area (Å²) in [6.45, 7) is 0. The lowest BCUT2D eigenvalue weighted by molar-refractivity contribution is -0.136. The van der Waals surface area contributed by atoms with Crippen LogP contribution in [0.3, 0.4) is 0 Å². The summed E-state index contributed by atoms with van der Waals surface area (Å²) in [4.78, 5) is 14.6. The molecule has 2 heterocycles. The number of nitrogens with zero attached hydrogens (tertiary/aromatic N) is 1. The topological polar surface area (TPSA) is 63.3 Å². The minimum absolute atomic E-state index is 0.128. The van der Waals surface area contributed by atoms with E-state index >= 15 is 0 Å². The normalized spacial score (nSPS) is 21.3. The molecule has 1 atom stereocenters. The van der Waals surface area contributed by atoms with Gasteiger partial charge in [0.1, 0.15) is 12.7 Å². The summed E-state index contributed by atoms with van der Waals surface area (Å²) >= 11 is 1.86. The number of oxazole rings is 1. The maximum Gasteiger partial charge on any atom is 0.312 e. The average molecular weight is 213 g/mol. The van der Waals surface area contributed by atoms with Gasteiger partial charge in [0.05, 0.1) is 10.9 Å². The zero-order chi connectivity index (χ0) is 9.97. The number of carboxylic acids is 1. The third kappa shape index (κ3) is 2.09. The minimum atomic E-state index is -0.905. The molecule has 0 saturated carbocycles. The van der Waals surface area contributed by atoms with Crippen molar-refractivity contribution >= 4 is 17.7 Å².